The first-order chi connectivity index (χ1) is 22.8. The van der Waals surface area contributed by atoms with Gasteiger partial charge in [0.25, 0.3) is 0 Å². The van der Waals surface area contributed by atoms with Crippen LogP contribution in [-0.4, -0.2) is 11.4 Å². The van der Waals surface area contributed by atoms with Gasteiger partial charge in [-0.05, 0) is 70.6 Å². The molecule has 4 heterocycles. The number of benzene rings is 7. The van der Waals surface area contributed by atoms with E-state index in [1.807, 2.05) is 0 Å². The molecule has 212 valence electrons. The molecule has 0 saturated carbocycles. The van der Waals surface area contributed by atoms with Crippen molar-refractivity contribution in [2.75, 3.05) is 4.81 Å². The number of fused-ring (bicyclic) bond motifs is 18. The summed E-state index contributed by atoms with van der Waals surface area (Å²) in [6.45, 7) is 0.0812. The summed E-state index contributed by atoms with van der Waals surface area (Å²) in [5, 5.41) is 4.73. The Morgan fingerprint density at radius 3 is 2.02 bits per heavy atom. The summed E-state index contributed by atoms with van der Waals surface area (Å²) >= 11 is 0. The highest BCUT2D eigenvalue weighted by molar-refractivity contribution is 6.92. The Hall–Kier alpha value is -6.00. The Kier molecular flexibility index (Phi) is 4.66. The summed E-state index contributed by atoms with van der Waals surface area (Å²) in [7, 11) is 0. The van der Waals surface area contributed by atoms with E-state index in [4.69, 9.17) is 4.42 Å². The number of nitrogens with zero attached hydrogens (tertiary/aromatic N) is 2. The van der Waals surface area contributed by atoms with Crippen LogP contribution >= 0.6 is 0 Å². The van der Waals surface area contributed by atoms with Gasteiger partial charge in [0, 0.05) is 49.7 Å². The summed E-state index contributed by atoms with van der Waals surface area (Å²) in [6.07, 6.45) is 0. The van der Waals surface area contributed by atoms with Gasteiger partial charge < -0.3 is 13.8 Å². The lowest BCUT2D eigenvalue weighted by molar-refractivity contribution is 0.669. The second-order valence-electron chi connectivity index (χ2n) is 12.5. The zero-order chi connectivity index (χ0) is 29.9. The van der Waals surface area contributed by atoms with Gasteiger partial charge in [-0.15, -0.1) is 0 Å². The third-order valence-electron chi connectivity index (χ3n) is 10.2. The molecule has 2 aliphatic heterocycles. The summed E-state index contributed by atoms with van der Waals surface area (Å²) in [6, 6.07) is 55.1. The maximum atomic E-state index is 6.74. The van der Waals surface area contributed by atoms with Crippen molar-refractivity contribution >= 4 is 72.9 Å². The van der Waals surface area contributed by atoms with Crippen molar-refractivity contribution < 1.29 is 4.42 Å². The molecule has 11 rings (SSSR count). The van der Waals surface area contributed by atoms with Crippen LogP contribution in [0.5, 0.6) is 0 Å². The predicted molar refractivity (Wildman–Crippen MR) is 193 cm³/mol. The highest BCUT2D eigenvalue weighted by Crippen LogP contribution is 2.50. The average molecular weight is 584 g/mol. The van der Waals surface area contributed by atoms with E-state index in [-0.39, 0.29) is 6.85 Å². The maximum Gasteiger partial charge on any atom is 0.329 e. The first kappa shape index (κ1) is 24.3. The molecule has 0 unspecified atom stereocenters. The molecule has 0 spiro atoms. The van der Waals surface area contributed by atoms with Crippen molar-refractivity contribution in [1.82, 2.24) is 4.57 Å². The molecule has 9 aromatic rings. The van der Waals surface area contributed by atoms with E-state index in [2.05, 4.69) is 161 Å². The average Bonchev–Trinajstić information content (AvgIpc) is 3.65. The molecule has 0 N–H and O–H groups in total. The molecule has 2 aliphatic rings. The molecule has 3 nitrogen and oxygen atoms in total. The van der Waals surface area contributed by atoms with Crippen LogP contribution in [0.15, 0.2) is 156 Å². The van der Waals surface area contributed by atoms with E-state index in [9.17, 15) is 0 Å². The lowest BCUT2D eigenvalue weighted by Crippen LogP contribution is -2.59. The molecule has 0 atom stereocenters. The molecule has 2 aromatic heterocycles. The second-order valence-corrected chi connectivity index (χ2v) is 12.5. The number of furan rings is 1. The van der Waals surface area contributed by atoms with E-state index in [1.165, 1.54) is 71.7 Å². The van der Waals surface area contributed by atoms with Crippen LogP contribution in [0, 0.1) is 0 Å². The number of aromatic nitrogens is 1. The van der Waals surface area contributed by atoms with Gasteiger partial charge in [0.05, 0.1) is 11.0 Å². The maximum absolute atomic E-state index is 6.74. The van der Waals surface area contributed by atoms with Crippen LogP contribution in [0.4, 0.5) is 11.4 Å². The monoisotopic (exact) mass is 584 g/mol. The minimum absolute atomic E-state index is 0.0812. The number of hydrogen-bond donors (Lipinski definition) is 0. The fourth-order valence-corrected chi connectivity index (χ4v) is 8.36. The number of anilines is 2. The molecule has 7 aromatic carbocycles. The molecule has 46 heavy (non-hydrogen) atoms. The van der Waals surface area contributed by atoms with Gasteiger partial charge in [0.15, 0.2) is 0 Å². The fourth-order valence-electron chi connectivity index (χ4n) is 8.36. The predicted octanol–water partition coefficient (Wildman–Crippen LogP) is 9.59. The zero-order valence-electron chi connectivity index (χ0n) is 24.8. The number of para-hydroxylation sites is 3. The SMILES string of the molecule is c1ccc(-n2c3ccccc3c3cc4oc5ccc6c(c5c4cc32)-c2ccccc2B2c3ccccc3-c3ccccc3N26)cc1. The van der Waals surface area contributed by atoms with E-state index in [1.54, 1.807) is 0 Å². The van der Waals surface area contributed by atoms with E-state index < -0.39 is 0 Å². The van der Waals surface area contributed by atoms with Crippen LogP contribution < -0.4 is 15.7 Å². The van der Waals surface area contributed by atoms with Gasteiger partial charge in [-0.1, -0.05) is 103 Å². The molecule has 0 aliphatic carbocycles. The first-order valence-corrected chi connectivity index (χ1v) is 15.9. The van der Waals surface area contributed by atoms with Gasteiger partial charge in [0.2, 0.25) is 0 Å². The molecule has 0 bridgehead atoms. The Morgan fingerprint density at radius 2 is 1.15 bits per heavy atom. The smallest absolute Gasteiger partial charge is 0.329 e. The quantitative estimate of drug-likeness (QED) is 0.179. The van der Waals surface area contributed by atoms with Crippen molar-refractivity contribution in [3.05, 3.63) is 152 Å². The topological polar surface area (TPSA) is 21.3 Å². The fraction of sp³-hybridized carbons (Fsp3) is 0. The standard InChI is InChI=1S/C42H25BN2O/c1-2-12-26(13-3-1)44-35-20-10-6-16-29(35)31-25-40-32(24-38(31)44)42-39(46-40)23-22-37-41(42)30-17-5-9-19-34(30)43-33-18-8-4-14-27(33)28-15-7-11-21-36(28)45(37)43/h1-25H. The highest BCUT2D eigenvalue weighted by atomic mass is 16.3. The summed E-state index contributed by atoms with van der Waals surface area (Å²) in [4.78, 5) is 2.56. The summed E-state index contributed by atoms with van der Waals surface area (Å²) in [5.41, 5.74) is 15.5. The third kappa shape index (κ3) is 3.03. The third-order valence-corrected chi connectivity index (χ3v) is 10.2. The summed E-state index contributed by atoms with van der Waals surface area (Å²) < 4.78 is 9.13. The molecular weight excluding hydrogens is 559 g/mol. The second kappa shape index (κ2) is 8.80. The Morgan fingerprint density at radius 1 is 0.457 bits per heavy atom. The largest absolute Gasteiger partial charge is 0.456 e. The zero-order valence-corrected chi connectivity index (χ0v) is 24.8. The van der Waals surface area contributed by atoms with Crippen LogP contribution in [0.2, 0.25) is 0 Å². The van der Waals surface area contributed by atoms with Gasteiger partial charge in [-0.25, -0.2) is 0 Å². The van der Waals surface area contributed by atoms with Crippen LogP contribution in [-0.2, 0) is 0 Å². The van der Waals surface area contributed by atoms with E-state index >= 15 is 0 Å². The van der Waals surface area contributed by atoms with Gasteiger partial charge in [-0.2, -0.15) is 0 Å². The number of hydrogen-bond acceptors (Lipinski definition) is 2. The normalized spacial score (nSPS) is 13.1. The lowest BCUT2D eigenvalue weighted by atomic mass is 9.43. The van der Waals surface area contributed by atoms with Crippen molar-refractivity contribution in [1.29, 1.82) is 0 Å². The molecule has 4 heteroatoms. The van der Waals surface area contributed by atoms with Crippen molar-refractivity contribution in [2.45, 2.75) is 0 Å². The Bertz CT molecular complexity index is 2720. The molecular formula is C42H25BN2O. The minimum Gasteiger partial charge on any atom is -0.456 e. The minimum atomic E-state index is 0.0812. The van der Waals surface area contributed by atoms with Crippen LogP contribution in [0.3, 0.4) is 0 Å². The van der Waals surface area contributed by atoms with E-state index in [0.717, 1.165) is 22.2 Å². The first-order valence-electron chi connectivity index (χ1n) is 15.9. The molecule has 0 saturated heterocycles. The molecule has 0 amide bonds. The van der Waals surface area contributed by atoms with Crippen molar-refractivity contribution in [2.24, 2.45) is 0 Å². The van der Waals surface area contributed by atoms with Crippen molar-refractivity contribution in [3.8, 4) is 27.9 Å². The highest BCUT2D eigenvalue weighted by Gasteiger charge is 2.42. The number of rotatable bonds is 1. The van der Waals surface area contributed by atoms with E-state index in [0.29, 0.717) is 0 Å². The molecule has 0 radical (unpaired) electrons. The van der Waals surface area contributed by atoms with Crippen molar-refractivity contribution in [3.63, 3.8) is 0 Å². The Balaban J connectivity index is 1.28. The van der Waals surface area contributed by atoms with Gasteiger partial charge >= 0.3 is 6.85 Å². The van der Waals surface area contributed by atoms with Crippen LogP contribution in [0.25, 0.3) is 71.7 Å². The molecule has 0 fully saturated rings. The summed E-state index contributed by atoms with van der Waals surface area (Å²) in [5.74, 6) is 0. The van der Waals surface area contributed by atoms with Gasteiger partial charge in [0.1, 0.15) is 11.2 Å². The van der Waals surface area contributed by atoms with Gasteiger partial charge in [-0.3, -0.25) is 0 Å². The lowest BCUT2D eigenvalue weighted by Gasteiger charge is -2.43. The van der Waals surface area contributed by atoms with Crippen LogP contribution in [0.1, 0.15) is 0 Å². The Labute approximate surface area is 265 Å².